The average molecular weight is 230 g/mol. The third kappa shape index (κ3) is 2.87. The highest BCUT2D eigenvalue weighted by molar-refractivity contribution is 6.04. The first kappa shape index (κ1) is 11.3. The highest BCUT2D eigenvalue weighted by Gasteiger charge is 2.06. The molecule has 1 aromatic carbocycles. The standard InChI is InChI=1S/C13H11FN2O/c1-9-3-2-4-10(5-9)13(17)16-12-6-11(14)7-15-8-12/h2-8H,1H3,(H,16,17). The smallest absolute Gasteiger partial charge is 0.255 e. The van der Waals surface area contributed by atoms with Crippen molar-refractivity contribution in [1.29, 1.82) is 0 Å². The summed E-state index contributed by atoms with van der Waals surface area (Å²) in [6.07, 6.45) is 2.49. The summed E-state index contributed by atoms with van der Waals surface area (Å²) >= 11 is 0. The minimum atomic E-state index is -0.480. The molecule has 86 valence electrons. The van der Waals surface area contributed by atoms with Crippen molar-refractivity contribution in [3.8, 4) is 0 Å². The molecule has 4 heteroatoms. The van der Waals surface area contributed by atoms with E-state index in [1.165, 1.54) is 12.3 Å². The van der Waals surface area contributed by atoms with Crippen LogP contribution in [-0.4, -0.2) is 10.9 Å². The van der Waals surface area contributed by atoms with Gasteiger partial charge in [-0.2, -0.15) is 0 Å². The second kappa shape index (κ2) is 4.74. The predicted octanol–water partition coefficient (Wildman–Crippen LogP) is 2.78. The van der Waals surface area contributed by atoms with E-state index in [2.05, 4.69) is 10.3 Å². The average Bonchev–Trinajstić information content (AvgIpc) is 2.29. The molecule has 0 saturated heterocycles. The summed E-state index contributed by atoms with van der Waals surface area (Å²) in [4.78, 5) is 15.5. The molecule has 1 aromatic heterocycles. The fraction of sp³-hybridized carbons (Fsp3) is 0.0769. The van der Waals surface area contributed by atoms with E-state index in [0.29, 0.717) is 11.3 Å². The summed E-state index contributed by atoms with van der Waals surface area (Å²) < 4.78 is 12.9. The van der Waals surface area contributed by atoms with Gasteiger partial charge in [0.05, 0.1) is 18.1 Å². The van der Waals surface area contributed by atoms with Crippen molar-refractivity contribution < 1.29 is 9.18 Å². The van der Waals surface area contributed by atoms with Gasteiger partial charge in [0.15, 0.2) is 0 Å². The first-order valence-corrected chi connectivity index (χ1v) is 5.14. The van der Waals surface area contributed by atoms with Crippen LogP contribution in [0.3, 0.4) is 0 Å². The molecule has 0 bridgehead atoms. The summed E-state index contributed by atoms with van der Waals surface area (Å²) in [7, 11) is 0. The van der Waals surface area contributed by atoms with Crippen molar-refractivity contribution in [2.24, 2.45) is 0 Å². The van der Waals surface area contributed by atoms with Gasteiger partial charge in [0.1, 0.15) is 5.82 Å². The molecule has 2 rings (SSSR count). The number of anilines is 1. The third-order valence-electron chi connectivity index (χ3n) is 2.24. The SMILES string of the molecule is Cc1cccc(C(=O)Nc2cncc(F)c2)c1. The van der Waals surface area contributed by atoms with Gasteiger partial charge in [-0.1, -0.05) is 17.7 Å². The first-order chi connectivity index (χ1) is 8.15. The molecule has 0 spiro atoms. The Morgan fingerprint density at radius 3 is 2.82 bits per heavy atom. The maximum Gasteiger partial charge on any atom is 0.255 e. The number of nitrogens with zero attached hydrogens (tertiary/aromatic N) is 1. The number of amides is 1. The fourth-order valence-electron chi connectivity index (χ4n) is 1.47. The predicted molar refractivity (Wildman–Crippen MR) is 63.3 cm³/mol. The number of aromatic nitrogens is 1. The third-order valence-corrected chi connectivity index (χ3v) is 2.24. The lowest BCUT2D eigenvalue weighted by molar-refractivity contribution is 0.102. The molecule has 0 saturated carbocycles. The van der Waals surface area contributed by atoms with Gasteiger partial charge in [-0.05, 0) is 19.1 Å². The minimum Gasteiger partial charge on any atom is -0.320 e. The van der Waals surface area contributed by atoms with Crippen LogP contribution in [0.1, 0.15) is 15.9 Å². The Bertz CT molecular complexity index is 555. The van der Waals surface area contributed by atoms with E-state index in [1.54, 1.807) is 18.2 Å². The lowest BCUT2D eigenvalue weighted by atomic mass is 10.1. The van der Waals surface area contributed by atoms with Gasteiger partial charge in [0, 0.05) is 11.6 Å². The van der Waals surface area contributed by atoms with Gasteiger partial charge in [0.2, 0.25) is 0 Å². The lowest BCUT2D eigenvalue weighted by Crippen LogP contribution is -2.12. The number of aryl methyl sites for hydroxylation is 1. The number of halogens is 1. The molecule has 1 N–H and O–H groups in total. The summed E-state index contributed by atoms with van der Waals surface area (Å²) in [6.45, 7) is 1.90. The van der Waals surface area contributed by atoms with Gasteiger partial charge < -0.3 is 5.32 Å². The molecule has 1 heterocycles. The van der Waals surface area contributed by atoms with Crippen molar-refractivity contribution in [3.05, 3.63) is 59.7 Å². The normalized spacial score (nSPS) is 10.0. The molecule has 0 aliphatic rings. The zero-order valence-electron chi connectivity index (χ0n) is 9.27. The van der Waals surface area contributed by atoms with Gasteiger partial charge in [-0.25, -0.2) is 4.39 Å². The number of pyridine rings is 1. The Morgan fingerprint density at radius 1 is 1.29 bits per heavy atom. The van der Waals surface area contributed by atoms with Crippen molar-refractivity contribution in [2.45, 2.75) is 6.92 Å². The molecule has 17 heavy (non-hydrogen) atoms. The molecule has 0 atom stereocenters. The Hall–Kier alpha value is -2.23. The molecule has 1 amide bonds. The fourth-order valence-corrected chi connectivity index (χ4v) is 1.47. The molecule has 0 aliphatic carbocycles. The zero-order valence-corrected chi connectivity index (χ0v) is 9.27. The first-order valence-electron chi connectivity index (χ1n) is 5.14. The van der Waals surface area contributed by atoms with Crippen LogP contribution >= 0.6 is 0 Å². The highest BCUT2D eigenvalue weighted by atomic mass is 19.1. The number of hydrogen-bond donors (Lipinski definition) is 1. The van der Waals surface area contributed by atoms with Crippen LogP contribution in [0, 0.1) is 12.7 Å². The van der Waals surface area contributed by atoms with Crippen molar-refractivity contribution in [3.63, 3.8) is 0 Å². The van der Waals surface area contributed by atoms with Crippen LogP contribution in [0.5, 0.6) is 0 Å². The number of hydrogen-bond acceptors (Lipinski definition) is 2. The van der Waals surface area contributed by atoms with Crippen LogP contribution in [0.2, 0.25) is 0 Å². The van der Waals surface area contributed by atoms with Crippen LogP contribution < -0.4 is 5.32 Å². The number of rotatable bonds is 2. The van der Waals surface area contributed by atoms with E-state index in [1.807, 2.05) is 13.0 Å². The second-order valence-corrected chi connectivity index (χ2v) is 3.72. The quantitative estimate of drug-likeness (QED) is 0.861. The topological polar surface area (TPSA) is 42.0 Å². The molecule has 3 nitrogen and oxygen atoms in total. The van der Waals surface area contributed by atoms with Gasteiger partial charge >= 0.3 is 0 Å². The lowest BCUT2D eigenvalue weighted by Gasteiger charge is -2.05. The molecule has 0 unspecified atom stereocenters. The Kier molecular flexibility index (Phi) is 3.14. The van der Waals surface area contributed by atoms with Crippen LogP contribution in [0.4, 0.5) is 10.1 Å². The second-order valence-electron chi connectivity index (χ2n) is 3.72. The summed E-state index contributed by atoms with van der Waals surface area (Å²) in [5, 5.41) is 2.58. The summed E-state index contributed by atoms with van der Waals surface area (Å²) in [6, 6.07) is 8.40. The summed E-state index contributed by atoms with van der Waals surface area (Å²) in [5.41, 5.74) is 1.88. The van der Waals surface area contributed by atoms with Gasteiger partial charge in [-0.3, -0.25) is 9.78 Å². The van der Waals surface area contributed by atoms with E-state index < -0.39 is 5.82 Å². The summed E-state index contributed by atoms with van der Waals surface area (Å²) in [5.74, 6) is -0.756. The van der Waals surface area contributed by atoms with E-state index in [0.717, 1.165) is 11.8 Å². The largest absolute Gasteiger partial charge is 0.320 e. The minimum absolute atomic E-state index is 0.277. The van der Waals surface area contributed by atoms with E-state index in [9.17, 15) is 9.18 Å². The molecule has 0 fully saturated rings. The maximum absolute atomic E-state index is 12.9. The van der Waals surface area contributed by atoms with Crippen LogP contribution in [0.15, 0.2) is 42.7 Å². The van der Waals surface area contributed by atoms with Crippen molar-refractivity contribution >= 4 is 11.6 Å². The maximum atomic E-state index is 12.9. The van der Waals surface area contributed by atoms with E-state index >= 15 is 0 Å². The Labute approximate surface area is 98.3 Å². The number of benzene rings is 1. The molecule has 0 aliphatic heterocycles. The number of carbonyl (C=O) groups excluding carboxylic acids is 1. The van der Waals surface area contributed by atoms with E-state index in [4.69, 9.17) is 0 Å². The molecular weight excluding hydrogens is 219 g/mol. The monoisotopic (exact) mass is 230 g/mol. The zero-order chi connectivity index (χ0) is 12.3. The highest BCUT2D eigenvalue weighted by Crippen LogP contribution is 2.10. The number of nitrogens with one attached hydrogen (secondary N) is 1. The Morgan fingerprint density at radius 2 is 2.12 bits per heavy atom. The number of carbonyl (C=O) groups is 1. The molecular formula is C13H11FN2O. The van der Waals surface area contributed by atoms with Gasteiger partial charge in [-0.15, -0.1) is 0 Å². The van der Waals surface area contributed by atoms with Gasteiger partial charge in [0.25, 0.3) is 5.91 Å². The van der Waals surface area contributed by atoms with Crippen molar-refractivity contribution in [2.75, 3.05) is 5.32 Å². The van der Waals surface area contributed by atoms with Crippen LogP contribution in [-0.2, 0) is 0 Å². The molecule has 2 aromatic rings. The van der Waals surface area contributed by atoms with Crippen molar-refractivity contribution in [1.82, 2.24) is 4.98 Å². The molecule has 0 radical (unpaired) electrons. The van der Waals surface area contributed by atoms with Crippen LogP contribution in [0.25, 0.3) is 0 Å². The Balaban J connectivity index is 2.17. The van der Waals surface area contributed by atoms with E-state index in [-0.39, 0.29) is 5.91 Å².